The van der Waals surface area contributed by atoms with Gasteiger partial charge < -0.3 is 15.4 Å². The molecule has 1 rings (SSSR count). The highest BCUT2D eigenvalue weighted by Crippen LogP contribution is 2.12. The van der Waals surface area contributed by atoms with Crippen LogP contribution in [0.2, 0.25) is 0 Å². The Bertz CT molecular complexity index is 693. The third-order valence-corrected chi connectivity index (χ3v) is 4.53. The van der Waals surface area contributed by atoms with E-state index in [-0.39, 0.29) is 6.42 Å². The third kappa shape index (κ3) is 9.36. The highest BCUT2D eigenvalue weighted by Gasteiger charge is 2.27. The van der Waals surface area contributed by atoms with E-state index in [0.29, 0.717) is 12.0 Å². The predicted octanol–water partition coefficient (Wildman–Crippen LogP) is 3.06. The number of rotatable bonds is 13. The normalized spacial score (nSPS) is 12.5. The molecule has 0 saturated heterocycles. The molecule has 2 atom stereocenters. The lowest BCUT2D eigenvalue weighted by Gasteiger charge is -2.22. The van der Waals surface area contributed by atoms with Crippen LogP contribution in [0.25, 0.3) is 0 Å². The average Bonchev–Trinajstić information content (AvgIpc) is 2.69. The second-order valence-corrected chi connectivity index (χ2v) is 6.91. The molecule has 0 bridgehead atoms. The van der Waals surface area contributed by atoms with Gasteiger partial charge in [-0.3, -0.25) is 9.59 Å². The lowest BCUT2D eigenvalue weighted by Crippen LogP contribution is -2.52. The zero-order chi connectivity index (χ0) is 21.6. The van der Waals surface area contributed by atoms with Gasteiger partial charge in [0, 0.05) is 13.3 Å². The smallest absolute Gasteiger partial charge is 0.328 e. The van der Waals surface area contributed by atoms with Gasteiger partial charge in [-0.15, -0.1) is 6.58 Å². The van der Waals surface area contributed by atoms with Gasteiger partial charge in [0.2, 0.25) is 11.8 Å². The van der Waals surface area contributed by atoms with Gasteiger partial charge in [-0.25, -0.2) is 9.18 Å². The molecule has 0 saturated carbocycles. The maximum Gasteiger partial charge on any atom is 0.328 e. The SMILES string of the molecule is C=CCCCCCC[C@H](NC(=O)[C@H](Cc1ccccc1F)NC(C)=O)C(=O)OC. The molecular formula is C22H31FN2O4. The first-order valence-corrected chi connectivity index (χ1v) is 9.88. The molecule has 0 unspecified atom stereocenters. The molecule has 29 heavy (non-hydrogen) atoms. The van der Waals surface area contributed by atoms with Gasteiger partial charge in [-0.2, -0.15) is 0 Å². The Morgan fingerprint density at radius 3 is 2.41 bits per heavy atom. The van der Waals surface area contributed by atoms with Crippen LogP contribution in [0, 0.1) is 5.82 Å². The molecule has 0 radical (unpaired) electrons. The Hall–Kier alpha value is -2.70. The van der Waals surface area contributed by atoms with Crippen molar-refractivity contribution >= 4 is 17.8 Å². The van der Waals surface area contributed by atoms with Crippen molar-refractivity contribution < 1.29 is 23.5 Å². The molecule has 0 aliphatic carbocycles. The fourth-order valence-electron chi connectivity index (χ4n) is 2.99. The van der Waals surface area contributed by atoms with E-state index >= 15 is 0 Å². The monoisotopic (exact) mass is 406 g/mol. The highest BCUT2D eigenvalue weighted by atomic mass is 19.1. The van der Waals surface area contributed by atoms with Crippen LogP contribution >= 0.6 is 0 Å². The van der Waals surface area contributed by atoms with E-state index < -0.39 is 35.7 Å². The van der Waals surface area contributed by atoms with Crippen molar-refractivity contribution in [2.75, 3.05) is 7.11 Å². The van der Waals surface area contributed by atoms with E-state index in [1.165, 1.54) is 20.1 Å². The number of halogens is 1. The van der Waals surface area contributed by atoms with Crippen LogP contribution < -0.4 is 10.6 Å². The maximum atomic E-state index is 14.0. The summed E-state index contributed by atoms with van der Waals surface area (Å²) in [5.41, 5.74) is 0.304. The molecular weight excluding hydrogens is 375 g/mol. The van der Waals surface area contributed by atoms with Crippen molar-refractivity contribution in [2.45, 2.75) is 64.0 Å². The van der Waals surface area contributed by atoms with Crippen molar-refractivity contribution in [3.05, 3.63) is 48.3 Å². The number of methoxy groups -OCH3 is 1. The lowest BCUT2D eigenvalue weighted by atomic mass is 10.0. The minimum absolute atomic E-state index is 0.0203. The number of hydrogen-bond acceptors (Lipinski definition) is 4. The predicted molar refractivity (Wildman–Crippen MR) is 110 cm³/mol. The maximum absolute atomic E-state index is 14.0. The summed E-state index contributed by atoms with van der Waals surface area (Å²) in [5.74, 6) is -1.97. The Labute approximate surface area is 171 Å². The molecule has 0 aromatic heterocycles. The fourth-order valence-corrected chi connectivity index (χ4v) is 2.99. The van der Waals surface area contributed by atoms with E-state index in [4.69, 9.17) is 4.74 Å². The first kappa shape index (κ1) is 24.3. The molecule has 1 aromatic carbocycles. The number of amides is 2. The third-order valence-electron chi connectivity index (χ3n) is 4.53. The minimum Gasteiger partial charge on any atom is -0.467 e. The van der Waals surface area contributed by atoms with Crippen LogP contribution in [0.1, 0.15) is 51.0 Å². The molecule has 160 valence electrons. The van der Waals surface area contributed by atoms with Gasteiger partial charge in [0.25, 0.3) is 0 Å². The molecule has 2 amide bonds. The minimum atomic E-state index is -0.996. The molecule has 0 heterocycles. The van der Waals surface area contributed by atoms with Gasteiger partial charge in [0.05, 0.1) is 7.11 Å². The number of hydrogen-bond donors (Lipinski definition) is 2. The number of nitrogens with one attached hydrogen (secondary N) is 2. The van der Waals surface area contributed by atoms with Crippen molar-refractivity contribution in [1.29, 1.82) is 0 Å². The summed E-state index contributed by atoms with van der Waals surface area (Å²) in [6.45, 7) is 4.96. The molecule has 6 nitrogen and oxygen atoms in total. The number of unbranched alkanes of at least 4 members (excludes halogenated alkanes) is 4. The summed E-state index contributed by atoms with van der Waals surface area (Å²) in [4.78, 5) is 36.3. The molecule has 0 spiro atoms. The second-order valence-electron chi connectivity index (χ2n) is 6.91. The molecule has 0 fully saturated rings. The van der Waals surface area contributed by atoms with Crippen molar-refractivity contribution in [3.8, 4) is 0 Å². The van der Waals surface area contributed by atoms with Crippen LogP contribution in [-0.4, -0.2) is 37.0 Å². The van der Waals surface area contributed by atoms with E-state index in [2.05, 4.69) is 17.2 Å². The first-order chi connectivity index (χ1) is 13.9. The Morgan fingerprint density at radius 2 is 1.79 bits per heavy atom. The van der Waals surface area contributed by atoms with Crippen LogP contribution in [-0.2, 0) is 25.5 Å². The summed E-state index contributed by atoms with van der Waals surface area (Å²) in [7, 11) is 1.26. The van der Waals surface area contributed by atoms with Crippen molar-refractivity contribution in [2.24, 2.45) is 0 Å². The summed E-state index contributed by atoms with van der Waals surface area (Å²) in [6, 6.07) is 4.24. The summed E-state index contributed by atoms with van der Waals surface area (Å²) in [5, 5.41) is 5.18. The van der Waals surface area contributed by atoms with Gasteiger partial charge in [0.15, 0.2) is 0 Å². The second kappa shape index (κ2) is 13.5. The summed E-state index contributed by atoms with van der Waals surface area (Å²) >= 11 is 0. The van der Waals surface area contributed by atoms with E-state index in [1.54, 1.807) is 18.2 Å². The van der Waals surface area contributed by atoms with Gasteiger partial charge in [-0.1, -0.05) is 43.5 Å². The zero-order valence-electron chi connectivity index (χ0n) is 17.2. The standard InChI is InChI=1S/C22H31FN2O4/c1-4-5-6-7-8-9-14-19(22(28)29-3)25-21(27)20(24-16(2)26)15-17-12-10-11-13-18(17)23/h4,10-13,19-20H,1,5-9,14-15H2,2-3H3,(H,24,26)(H,25,27)/t19-,20-/m0/s1. The van der Waals surface area contributed by atoms with Crippen LogP contribution in [0.4, 0.5) is 4.39 Å². The number of esters is 1. The Morgan fingerprint density at radius 1 is 1.10 bits per heavy atom. The molecule has 7 heteroatoms. The number of carbonyl (C=O) groups excluding carboxylic acids is 3. The van der Waals surface area contributed by atoms with Gasteiger partial charge in [0.1, 0.15) is 17.9 Å². The molecule has 0 aliphatic heterocycles. The van der Waals surface area contributed by atoms with Gasteiger partial charge in [-0.05, 0) is 30.9 Å². The topological polar surface area (TPSA) is 84.5 Å². The summed E-state index contributed by atoms with van der Waals surface area (Å²) in [6.07, 6.45) is 6.94. The van der Waals surface area contributed by atoms with Crippen LogP contribution in [0.3, 0.4) is 0 Å². The number of ether oxygens (including phenoxy) is 1. The lowest BCUT2D eigenvalue weighted by molar-refractivity contribution is -0.145. The van der Waals surface area contributed by atoms with Crippen LogP contribution in [0.15, 0.2) is 36.9 Å². The number of allylic oxidation sites excluding steroid dienone is 1. The van der Waals surface area contributed by atoms with E-state index in [0.717, 1.165) is 32.1 Å². The van der Waals surface area contributed by atoms with E-state index in [9.17, 15) is 18.8 Å². The zero-order valence-corrected chi connectivity index (χ0v) is 17.2. The van der Waals surface area contributed by atoms with Gasteiger partial charge >= 0.3 is 5.97 Å². The van der Waals surface area contributed by atoms with Crippen molar-refractivity contribution in [1.82, 2.24) is 10.6 Å². The number of benzene rings is 1. The fraction of sp³-hybridized carbons (Fsp3) is 0.500. The summed E-state index contributed by atoms with van der Waals surface area (Å²) < 4.78 is 18.8. The first-order valence-electron chi connectivity index (χ1n) is 9.88. The van der Waals surface area contributed by atoms with E-state index in [1.807, 2.05) is 6.08 Å². The molecule has 0 aliphatic rings. The molecule has 2 N–H and O–H groups in total. The molecule has 1 aromatic rings. The van der Waals surface area contributed by atoms with Crippen molar-refractivity contribution in [3.63, 3.8) is 0 Å². The number of carbonyl (C=O) groups is 3. The quantitative estimate of drug-likeness (QED) is 0.300. The average molecular weight is 406 g/mol. The highest BCUT2D eigenvalue weighted by molar-refractivity contribution is 5.90. The largest absolute Gasteiger partial charge is 0.467 e. The Kier molecular flexibility index (Phi) is 11.3. The Balaban J connectivity index is 2.75. The van der Waals surface area contributed by atoms with Crippen LogP contribution in [0.5, 0.6) is 0 Å².